The van der Waals surface area contributed by atoms with Crippen LogP contribution in [-0.4, -0.2) is 52.9 Å². The molecule has 4 rings (SSSR count). The highest BCUT2D eigenvalue weighted by molar-refractivity contribution is 5.94. The monoisotopic (exact) mass is 625 g/mol. The Labute approximate surface area is 274 Å². The Hall–Kier alpha value is -4.37. The number of nitrogens with zero attached hydrogens (tertiary/aromatic N) is 3. The molecule has 0 atom stereocenters. The summed E-state index contributed by atoms with van der Waals surface area (Å²) in [6, 6.07) is 17.2. The molecule has 4 aromatic rings. The van der Waals surface area contributed by atoms with Gasteiger partial charge in [0.2, 0.25) is 0 Å². The molecule has 0 saturated heterocycles. The maximum absolute atomic E-state index is 11.9. The molecule has 9 nitrogen and oxygen atoms in total. The minimum atomic E-state index is -0.0166. The molecular weight excluding hydrogens is 574 g/mol. The van der Waals surface area contributed by atoms with Gasteiger partial charge in [-0.25, -0.2) is 0 Å². The molecule has 5 N–H and O–H groups in total. The molecule has 0 spiro atoms. The van der Waals surface area contributed by atoms with Crippen molar-refractivity contribution >= 4 is 28.4 Å². The van der Waals surface area contributed by atoms with E-state index in [0.717, 1.165) is 69.5 Å². The molecule has 0 fully saturated rings. The molecular formula is C37H51N7O2. The van der Waals surface area contributed by atoms with Crippen molar-refractivity contribution in [3.05, 3.63) is 96.7 Å². The van der Waals surface area contributed by atoms with Crippen LogP contribution >= 0.6 is 0 Å². The van der Waals surface area contributed by atoms with E-state index in [4.69, 9.17) is 5.73 Å². The first kappa shape index (κ1) is 36.1. The van der Waals surface area contributed by atoms with Gasteiger partial charge in [0.15, 0.2) is 0 Å². The van der Waals surface area contributed by atoms with Gasteiger partial charge in [-0.2, -0.15) is 0 Å². The zero-order valence-electron chi connectivity index (χ0n) is 27.1. The fourth-order valence-electron chi connectivity index (χ4n) is 5.02. The summed E-state index contributed by atoms with van der Waals surface area (Å²) in [5, 5.41) is 10.6. The molecule has 0 aliphatic carbocycles. The number of amides is 2. The van der Waals surface area contributed by atoms with Crippen LogP contribution in [0.1, 0.15) is 97.8 Å². The van der Waals surface area contributed by atoms with E-state index in [2.05, 4.69) is 43.0 Å². The Kier molecular flexibility index (Phi) is 18.1. The standard InChI is InChI=1S/C23H28N4O.C14H23N3O/c28-23(19-11-16-24-17-12-19)27-15-8-4-2-1-3-7-14-25-22-13-18-26-21-10-6-5-9-20(21)22;15-9-5-3-1-2-4-6-10-17-14(18)13-7-11-16-12-8-13/h5-6,9-13,16-18H,1-4,7-8,14-15H2,(H,25,26)(H,27,28);7-8,11-12H,1-6,9-10,15H2,(H,17,18). The summed E-state index contributed by atoms with van der Waals surface area (Å²) < 4.78 is 0. The minimum Gasteiger partial charge on any atom is -0.384 e. The van der Waals surface area contributed by atoms with Gasteiger partial charge in [-0.15, -0.1) is 0 Å². The normalized spacial score (nSPS) is 10.5. The number of hydrogen-bond acceptors (Lipinski definition) is 7. The number of para-hydroxylation sites is 1. The predicted octanol–water partition coefficient (Wildman–Crippen LogP) is 6.92. The van der Waals surface area contributed by atoms with E-state index in [-0.39, 0.29) is 11.8 Å². The average Bonchev–Trinajstić information content (AvgIpc) is 3.11. The molecule has 9 heteroatoms. The van der Waals surface area contributed by atoms with E-state index >= 15 is 0 Å². The second-order valence-electron chi connectivity index (χ2n) is 11.3. The van der Waals surface area contributed by atoms with E-state index in [1.54, 1.807) is 49.1 Å². The minimum absolute atomic E-state index is 0.0134. The number of carbonyl (C=O) groups excluding carboxylic acids is 2. The fraction of sp³-hybridized carbons (Fsp3) is 0.432. The van der Waals surface area contributed by atoms with Gasteiger partial charge in [0.1, 0.15) is 0 Å². The quantitative estimate of drug-likeness (QED) is 0.0783. The van der Waals surface area contributed by atoms with Crippen molar-refractivity contribution in [2.45, 2.75) is 77.0 Å². The molecule has 1 aromatic carbocycles. The molecule has 0 aliphatic rings. The van der Waals surface area contributed by atoms with E-state index in [1.165, 1.54) is 50.3 Å². The van der Waals surface area contributed by atoms with Gasteiger partial charge in [-0.1, -0.05) is 69.6 Å². The maximum atomic E-state index is 11.9. The molecule has 0 saturated carbocycles. The van der Waals surface area contributed by atoms with Crippen LogP contribution in [0.25, 0.3) is 10.9 Å². The van der Waals surface area contributed by atoms with E-state index in [0.29, 0.717) is 11.1 Å². The van der Waals surface area contributed by atoms with Crippen LogP contribution in [-0.2, 0) is 0 Å². The SMILES string of the molecule is NCCCCCCCCNC(=O)c1ccncc1.O=C(NCCCCCCCCNc1ccnc2ccccc12)c1ccncc1. The second-order valence-corrected chi connectivity index (χ2v) is 11.3. The molecule has 3 aromatic heterocycles. The van der Waals surface area contributed by atoms with Gasteiger partial charge < -0.3 is 21.7 Å². The number of pyridine rings is 3. The highest BCUT2D eigenvalue weighted by Crippen LogP contribution is 2.21. The Morgan fingerprint density at radius 1 is 0.543 bits per heavy atom. The van der Waals surface area contributed by atoms with E-state index < -0.39 is 0 Å². The van der Waals surface area contributed by atoms with Gasteiger partial charge in [0.05, 0.1) is 5.52 Å². The van der Waals surface area contributed by atoms with Crippen LogP contribution in [0.3, 0.4) is 0 Å². The topological polar surface area (TPSA) is 135 Å². The zero-order valence-corrected chi connectivity index (χ0v) is 27.1. The molecule has 246 valence electrons. The first-order chi connectivity index (χ1) is 22.7. The molecule has 2 amide bonds. The van der Waals surface area contributed by atoms with Crippen molar-refractivity contribution in [2.24, 2.45) is 5.73 Å². The lowest BCUT2D eigenvalue weighted by Crippen LogP contribution is -2.24. The number of carbonyl (C=O) groups is 2. The lowest BCUT2D eigenvalue weighted by atomic mass is 10.1. The van der Waals surface area contributed by atoms with Gasteiger partial charge >= 0.3 is 0 Å². The van der Waals surface area contributed by atoms with Crippen molar-refractivity contribution < 1.29 is 9.59 Å². The number of benzene rings is 1. The lowest BCUT2D eigenvalue weighted by molar-refractivity contribution is 0.0944. The van der Waals surface area contributed by atoms with E-state index in [9.17, 15) is 9.59 Å². The number of rotatable bonds is 20. The number of nitrogens with one attached hydrogen (secondary N) is 3. The third-order valence-electron chi connectivity index (χ3n) is 7.66. The highest BCUT2D eigenvalue weighted by atomic mass is 16.2. The molecule has 0 bridgehead atoms. The zero-order chi connectivity index (χ0) is 32.5. The summed E-state index contributed by atoms with van der Waals surface area (Å²) in [5.41, 5.74) is 8.97. The van der Waals surface area contributed by atoms with Crippen molar-refractivity contribution in [1.29, 1.82) is 0 Å². The van der Waals surface area contributed by atoms with Crippen LogP contribution in [0.5, 0.6) is 0 Å². The average molecular weight is 626 g/mol. The maximum Gasteiger partial charge on any atom is 0.251 e. The number of nitrogens with two attached hydrogens (primary N) is 1. The number of aromatic nitrogens is 3. The summed E-state index contributed by atoms with van der Waals surface area (Å²) >= 11 is 0. The molecule has 3 heterocycles. The van der Waals surface area contributed by atoms with Gasteiger partial charge in [0.25, 0.3) is 11.8 Å². The molecule has 46 heavy (non-hydrogen) atoms. The van der Waals surface area contributed by atoms with Crippen LogP contribution in [0, 0.1) is 0 Å². The van der Waals surface area contributed by atoms with Crippen molar-refractivity contribution in [3.63, 3.8) is 0 Å². The fourth-order valence-corrected chi connectivity index (χ4v) is 5.02. The summed E-state index contributed by atoms with van der Waals surface area (Å²) in [6.07, 6.45) is 22.4. The molecule has 0 aliphatic heterocycles. The third-order valence-corrected chi connectivity index (χ3v) is 7.66. The predicted molar refractivity (Wildman–Crippen MR) is 188 cm³/mol. The van der Waals surface area contributed by atoms with Crippen molar-refractivity contribution in [2.75, 3.05) is 31.5 Å². The number of anilines is 1. The van der Waals surface area contributed by atoms with E-state index in [1.807, 2.05) is 24.4 Å². The van der Waals surface area contributed by atoms with Gasteiger partial charge in [0, 0.05) is 72.8 Å². The Bertz CT molecular complexity index is 1380. The summed E-state index contributed by atoms with van der Waals surface area (Å²) in [6.45, 7) is 3.26. The van der Waals surface area contributed by atoms with Crippen LogP contribution in [0.2, 0.25) is 0 Å². The van der Waals surface area contributed by atoms with Crippen molar-refractivity contribution in [1.82, 2.24) is 25.6 Å². The second kappa shape index (κ2) is 23.0. The Balaban J connectivity index is 0.000000277. The number of hydrogen-bond donors (Lipinski definition) is 4. The first-order valence-electron chi connectivity index (χ1n) is 16.8. The number of unbranched alkanes of at least 4 members (excludes halogenated alkanes) is 10. The summed E-state index contributed by atoms with van der Waals surface area (Å²) in [7, 11) is 0. The van der Waals surface area contributed by atoms with Crippen LogP contribution in [0.4, 0.5) is 5.69 Å². The van der Waals surface area contributed by atoms with Gasteiger partial charge in [-0.05, 0) is 68.6 Å². The highest BCUT2D eigenvalue weighted by Gasteiger charge is 2.04. The molecule has 0 unspecified atom stereocenters. The Morgan fingerprint density at radius 2 is 1.02 bits per heavy atom. The van der Waals surface area contributed by atoms with Crippen molar-refractivity contribution in [3.8, 4) is 0 Å². The summed E-state index contributed by atoms with van der Waals surface area (Å²) in [5.74, 6) is -0.0300. The smallest absolute Gasteiger partial charge is 0.251 e. The molecule has 0 radical (unpaired) electrons. The summed E-state index contributed by atoms with van der Waals surface area (Å²) in [4.78, 5) is 35.8. The largest absolute Gasteiger partial charge is 0.384 e. The third kappa shape index (κ3) is 14.6. The lowest BCUT2D eigenvalue weighted by Gasteiger charge is -2.09. The van der Waals surface area contributed by atoms with Crippen LogP contribution in [0.15, 0.2) is 85.6 Å². The van der Waals surface area contributed by atoms with Gasteiger partial charge in [-0.3, -0.25) is 24.5 Å². The Morgan fingerprint density at radius 3 is 1.57 bits per heavy atom. The number of fused-ring (bicyclic) bond motifs is 1. The first-order valence-corrected chi connectivity index (χ1v) is 16.8. The van der Waals surface area contributed by atoms with Crippen LogP contribution < -0.4 is 21.7 Å².